The summed E-state index contributed by atoms with van der Waals surface area (Å²) in [6.45, 7) is 7.26. The van der Waals surface area contributed by atoms with Crippen LogP contribution in [0.15, 0.2) is 71.8 Å². The molecule has 4 rings (SSSR count). The summed E-state index contributed by atoms with van der Waals surface area (Å²) in [4.78, 5) is 31.3. The molecule has 1 aromatic carbocycles. The van der Waals surface area contributed by atoms with Crippen molar-refractivity contribution in [1.29, 1.82) is 5.26 Å². The van der Waals surface area contributed by atoms with E-state index in [4.69, 9.17) is 0 Å². The fourth-order valence-corrected chi connectivity index (χ4v) is 4.15. The van der Waals surface area contributed by atoms with E-state index in [1.807, 2.05) is 6.07 Å². The van der Waals surface area contributed by atoms with Crippen LogP contribution in [0.25, 0.3) is 22.9 Å². The van der Waals surface area contributed by atoms with Gasteiger partial charge in [-0.05, 0) is 63.5 Å². The molecule has 1 fully saturated rings. The lowest BCUT2D eigenvalue weighted by atomic mass is 9.93. The van der Waals surface area contributed by atoms with Crippen LogP contribution in [0, 0.1) is 18.3 Å². The van der Waals surface area contributed by atoms with Crippen LogP contribution in [0.1, 0.15) is 37.4 Å². The molecule has 11 heteroatoms. The number of halogens is 3. The summed E-state index contributed by atoms with van der Waals surface area (Å²) in [5.41, 5.74) is -0.684. The van der Waals surface area contributed by atoms with Gasteiger partial charge in [-0.1, -0.05) is 18.7 Å². The standard InChI is InChI=1S/C27H25F3N6O2/c1-4-19(16-31)12-11-17(2)34-14-13-32-24(34)23-18(3)35(22-10-5-7-20(15-22)27(28,29)30)26(38)36(23)25(37)33-21-8-6-9-21/h4-5,7,10-15,21H,2,6,8-9H2,1,3H3,(H,33,37)/b12-11-,19-4+. The molecule has 0 bridgehead atoms. The number of benzene rings is 1. The molecule has 3 aromatic rings. The molecule has 196 valence electrons. The summed E-state index contributed by atoms with van der Waals surface area (Å²) in [6, 6.07) is 5.59. The highest BCUT2D eigenvalue weighted by Crippen LogP contribution is 2.32. The van der Waals surface area contributed by atoms with Crippen molar-refractivity contribution in [2.24, 2.45) is 0 Å². The highest BCUT2D eigenvalue weighted by atomic mass is 19.4. The smallest absolute Gasteiger partial charge is 0.335 e. The minimum absolute atomic E-state index is 0.0395. The van der Waals surface area contributed by atoms with Crippen LogP contribution in [0.2, 0.25) is 0 Å². The second-order valence-corrected chi connectivity index (χ2v) is 8.81. The average Bonchev–Trinajstić information content (AvgIpc) is 3.43. The Morgan fingerprint density at radius 2 is 2.03 bits per heavy atom. The zero-order chi connectivity index (χ0) is 27.6. The third kappa shape index (κ3) is 4.98. The summed E-state index contributed by atoms with van der Waals surface area (Å²) in [5.74, 6) is 0.183. The quantitative estimate of drug-likeness (QED) is 0.345. The normalized spacial score (nSPS) is 14.4. The van der Waals surface area contributed by atoms with Gasteiger partial charge in [0.25, 0.3) is 0 Å². The Morgan fingerprint density at radius 1 is 1.29 bits per heavy atom. The minimum Gasteiger partial charge on any atom is -0.335 e. The van der Waals surface area contributed by atoms with Crippen LogP contribution >= 0.6 is 0 Å². The Labute approximate surface area is 216 Å². The third-order valence-corrected chi connectivity index (χ3v) is 6.41. The zero-order valence-corrected chi connectivity index (χ0v) is 20.8. The number of alkyl halides is 3. The lowest BCUT2D eigenvalue weighted by molar-refractivity contribution is -0.137. The number of allylic oxidation sites excluding steroid dienone is 5. The largest absolute Gasteiger partial charge is 0.416 e. The number of hydrogen-bond donors (Lipinski definition) is 1. The van der Waals surface area contributed by atoms with Gasteiger partial charge < -0.3 is 5.32 Å². The van der Waals surface area contributed by atoms with Crippen molar-refractivity contribution in [3.63, 3.8) is 0 Å². The summed E-state index contributed by atoms with van der Waals surface area (Å²) in [7, 11) is 0. The van der Waals surface area contributed by atoms with Crippen LogP contribution in [0.3, 0.4) is 0 Å². The predicted octanol–water partition coefficient (Wildman–Crippen LogP) is 5.44. The molecule has 0 aliphatic heterocycles. The molecule has 1 saturated carbocycles. The van der Waals surface area contributed by atoms with Crippen molar-refractivity contribution in [1.82, 2.24) is 24.0 Å². The second-order valence-electron chi connectivity index (χ2n) is 8.81. The first-order chi connectivity index (χ1) is 18.1. The summed E-state index contributed by atoms with van der Waals surface area (Å²) in [6.07, 6.45) is 5.67. The third-order valence-electron chi connectivity index (χ3n) is 6.41. The first-order valence-electron chi connectivity index (χ1n) is 11.9. The van der Waals surface area contributed by atoms with Gasteiger partial charge >= 0.3 is 17.9 Å². The van der Waals surface area contributed by atoms with E-state index in [9.17, 15) is 28.0 Å². The number of rotatable bonds is 6. The molecule has 1 amide bonds. The van der Waals surface area contributed by atoms with Crippen LogP contribution in [0.4, 0.5) is 18.0 Å². The molecule has 1 N–H and O–H groups in total. The molecular weight excluding hydrogens is 497 g/mol. The number of hydrogen-bond acceptors (Lipinski definition) is 4. The summed E-state index contributed by atoms with van der Waals surface area (Å²) < 4.78 is 43.8. The number of carbonyl (C=O) groups excluding carboxylic acids is 1. The van der Waals surface area contributed by atoms with E-state index in [0.29, 0.717) is 11.3 Å². The first kappa shape index (κ1) is 26.5. The minimum atomic E-state index is -4.62. The SMILES string of the molecule is C=C(/C=C\C(C#N)=C/C)n1ccnc1-c1c(C)n(-c2cccc(C(F)(F)F)c2)c(=O)n1C(=O)NC1CCC1. The molecular formula is C27H25F3N6O2. The van der Waals surface area contributed by atoms with Gasteiger partial charge in [0.15, 0.2) is 5.82 Å². The summed E-state index contributed by atoms with van der Waals surface area (Å²) in [5, 5.41) is 12.0. The highest BCUT2D eigenvalue weighted by Gasteiger charge is 2.32. The Balaban J connectivity index is 1.90. The maximum Gasteiger partial charge on any atom is 0.416 e. The molecule has 8 nitrogen and oxygen atoms in total. The van der Waals surface area contributed by atoms with Gasteiger partial charge in [0, 0.05) is 29.7 Å². The number of imidazole rings is 2. The molecule has 1 aliphatic rings. The second kappa shape index (κ2) is 10.4. The molecule has 0 atom stereocenters. The molecule has 2 aromatic heterocycles. The Morgan fingerprint density at radius 3 is 2.63 bits per heavy atom. The zero-order valence-electron chi connectivity index (χ0n) is 20.8. The van der Waals surface area contributed by atoms with Crippen molar-refractivity contribution < 1.29 is 18.0 Å². The van der Waals surface area contributed by atoms with Crippen LogP contribution < -0.4 is 11.0 Å². The van der Waals surface area contributed by atoms with Crippen molar-refractivity contribution in [2.45, 2.75) is 45.3 Å². The number of nitriles is 1. The van der Waals surface area contributed by atoms with E-state index in [0.717, 1.165) is 40.5 Å². The Bertz CT molecular complexity index is 1560. The molecule has 2 heterocycles. The number of aromatic nitrogens is 4. The van der Waals surface area contributed by atoms with Crippen molar-refractivity contribution in [3.05, 3.63) is 88.8 Å². The lowest BCUT2D eigenvalue weighted by Crippen LogP contribution is -2.45. The Hall–Kier alpha value is -4.59. The van der Waals surface area contributed by atoms with Gasteiger partial charge in [-0.15, -0.1) is 0 Å². The lowest BCUT2D eigenvalue weighted by Gasteiger charge is -2.26. The molecule has 0 radical (unpaired) electrons. The van der Waals surface area contributed by atoms with E-state index in [-0.39, 0.29) is 28.9 Å². The number of nitrogens with one attached hydrogen (secondary N) is 1. The van der Waals surface area contributed by atoms with E-state index in [1.54, 1.807) is 31.3 Å². The topological polar surface area (TPSA) is 97.6 Å². The number of amides is 1. The van der Waals surface area contributed by atoms with Gasteiger partial charge in [0.05, 0.1) is 23.0 Å². The van der Waals surface area contributed by atoms with Crippen molar-refractivity contribution >= 4 is 11.7 Å². The predicted molar refractivity (Wildman–Crippen MR) is 136 cm³/mol. The van der Waals surface area contributed by atoms with Crippen LogP contribution in [-0.4, -0.2) is 30.8 Å². The van der Waals surface area contributed by atoms with Gasteiger partial charge in [-0.3, -0.25) is 9.13 Å². The van der Waals surface area contributed by atoms with Gasteiger partial charge in [-0.25, -0.2) is 19.1 Å². The van der Waals surface area contributed by atoms with E-state index in [2.05, 4.69) is 16.9 Å². The summed E-state index contributed by atoms with van der Waals surface area (Å²) >= 11 is 0. The highest BCUT2D eigenvalue weighted by molar-refractivity contribution is 5.83. The Kier molecular flexibility index (Phi) is 7.26. The maximum absolute atomic E-state index is 13.6. The maximum atomic E-state index is 13.6. The number of nitrogens with zero attached hydrogens (tertiary/aromatic N) is 5. The van der Waals surface area contributed by atoms with E-state index in [1.165, 1.54) is 29.8 Å². The first-order valence-corrected chi connectivity index (χ1v) is 11.9. The fourth-order valence-electron chi connectivity index (χ4n) is 4.15. The van der Waals surface area contributed by atoms with E-state index >= 15 is 0 Å². The fraction of sp³-hybridized carbons (Fsp3) is 0.259. The van der Waals surface area contributed by atoms with Crippen LogP contribution in [0.5, 0.6) is 0 Å². The van der Waals surface area contributed by atoms with Crippen molar-refractivity contribution in [3.8, 4) is 23.3 Å². The number of carbonyl (C=O) groups is 1. The average molecular weight is 523 g/mol. The molecule has 1 aliphatic carbocycles. The van der Waals surface area contributed by atoms with Gasteiger partial charge in [0.1, 0.15) is 5.69 Å². The van der Waals surface area contributed by atoms with Gasteiger partial charge in [-0.2, -0.15) is 18.4 Å². The van der Waals surface area contributed by atoms with Crippen LogP contribution in [-0.2, 0) is 6.18 Å². The van der Waals surface area contributed by atoms with Crippen molar-refractivity contribution in [2.75, 3.05) is 0 Å². The molecule has 0 spiro atoms. The monoisotopic (exact) mass is 522 g/mol. The van der Waals surface area contributed by atoms with Gasteiger partial charge in [0.2, 0.25) is 0 Å². The molecule has 0 saturated heterocycles. The molecule has 0 unspecified atom stereocenters. The molecule has 38 heavy (non-hydrogen) atoms. The van der Waals surface area contributed by atoms with E-state index < -0.39 is 23.5 Å².